The van der Waals surface area contributed by atoms with Crippen molar-refractivity contribution in [2.24, 2.45) is 17.8 Å². The lowest BCUT2D eigenvalue weighted by Gasteiger charge is -2.31. The molecule has 0 unspecified atom stereocenters. The van der Waals surface area contributed by atoms with Crippen molar-refractivity contribution in [2.75, 3.05) is 0 Å². The zero-order valence-corrected chi connectivity index (χ0v) is 15.9. The van der Waals surface area contributed by atoms with Crippen LogP contribution in [0.4, 0.5) is 0 Å². The molecule has 0 aromatic heterocycles. The number of nitriles is 1. The number of carbonyl (C=O) groups is 1. The maximum absolute atomic E-state index is 12.4. The van der Waals surface area contributed by atoms with Gasteiger partial charge in [-0.1, -0.05) is 45.1 Å². The molecule has 2 aliphatic carbocycles. The molecule has 25 heavy (non-hydrogen) atoms. The van der Waals surface area contributed by atoms with Crippen molar-refractivity contribution in [3.05, 3.63) is 12.2 Å². The van der Waals surface area contributed by atoms with E-state index in [1.165, 1.54) is 44.9 Å². The third kappa shape index (κ3) is 7.22. The van der Waals surface area contributed by atoms with Crippen LogP contribution in [-0.2, 0) is 9.53 Å². The minimum absolute atomic E-state index is 0.0362. The molecule has 2 rings (SSSR count). The van der Waals surface area contributed by atoms with E-state index in [0.29, 0.717) is 5.92 Å². The van der Waals surface area contributed by atoms with Crippen LogP contribution in [0.15, 0.2) is 12.2 Å². The van der Waals surface area contributed by atoms with E-state index < -0.39 is 0 Å². The maximum atomic E-state index is 12.4. The molecule has 2 saturated carbocycles. The molecule has 140 valence electrons. The van der Waals surface area contributed by atoms with Crippen LogP contribution < -0.4 is 0 Å². The Kier molecular flexibility index (Phi) is 9.08. The van der Waals surface area contributed by atoms with Crippen LogP contribution >= 0.6 is 0 Å². The summed E-state index contributed by atoms with van der Waals surface area (Å²) in [6.07, 6.45) is 18.9. The lowest BCUT2D eigenvalue weighted by atomic mass is 9.81. The monoisotopic (exact) mass is 345 g/mol. The van der Waals surface area contributed by atoms with E-state index in [0.717, 1.165) is 44.4 Å². The molecular formula is C22H35NO2. The van der Waals surface area contributed by atoms with Gasteiger partial charge >= 0.3 is 5.97 Å². The number of ether oxygens (including phenoxy) is 1. The van der Waals surface area contributed by atoms with E-state index in [4.69, 9.17) is 10.00 Å². The van der Waals surface area contributed by atoms with E-state index in [-0.39, 0.29) is 18.0 Å². The first-order valence-electron chi connectivity index (χ1n) is 10.5. The molecule has 0 aromatic carbocycles. The van der Waals surface area contributed by atoms with Crippen LogP contribution in [0.25, 0.3) is 0 Å². The van der Waals surface area contributed by atoms with Crippen LogP contribution in [-0.4, -0.2) is 12.1 Å². The second-order valence-corrected chi connectivity index (χ2v) is 8.03. The van der Waals surface area contributed by atoms with Crippen LogP contribution in [0, 0.1) is 29.1 Å². The molecule has 0 radical (unpaired) electrons. The molecule has 0 aliphatic heterocycles. The predicted molar refractivity (Wildman–Crippen MR) is 101 cm³/mol. The van der Waals surface area contributed by atoms with Crippen molar-refractivity contribution in [1.82, 2.24) is 0 Å². The Morgan fingerprint density at radius 1 is 1.04 bits per heavy atom. The van der Waals surface area contributed by atoms with Gasteiger partial charge in [-0.25, -0.2) is 0 Å². The molecular weight excluding hydrogens is 310 g/mol. The van der Waals surface area contributed by atoms with Gasteiger partial charge in [0, 0.05) is 6.08 Å². The zero-order valence-electron chi connectivity index (χ0n) is 15.9. The summed E-state index contributed by atoms with van der Waals surface area (Å²) in [6, 6.07) is 2.05. The summed E-state index contributed by atoms with van der Waals surface area (Å²) in [5.74, 6) is 1.44. The topological polar surface area (TPSA) is 50.1 Å². The quantitative estimate of drug-likeness (QED) is 0.310. The summed E-state index contributed by atoms with van der Waals surface area (Å²) in [6.45, 7) is 2.26. The fraction of sp³-hybridized carbons (Fsp3) is 0.818. The Hall–Kier alpha value is -1.30. The molecule has 3 heteroatoms. The molecule has 0 atom stereocenters. The Labute approximate surface area is 153 Å². The minimum Gasteiger partial charge on any atom is -0.462 e. The first-order chi connectivity index (χ1) is 12.2. The highest BCUT2D eigenvalue weighted by molar-refractivity contribution is 5.72. The smallest absolute Gasteiger partial charge is 0.309 e. The number of carbonyl (C=O) groups excluding carboxylic acids is 1. The minimum atomic E-state index is 0.0362. The van der Waals surface area contributed by atoms with Crippen molar-refractivity contribution in [1.29, 1.82) is 5.26 Å². The number of unbranched alkanes of at least 4 members (excludes halogenated alkanes) is 3. The number of nitrogens with zero attached hydrogens (tertiary/aromatic N) is 1. The Bertz CT molecular complexity index is 449. The number of allylic oxidation sites excluding steroid dienone is 2. The van der Waals surface area contributed by atoms with Crippen LogP contribution in [0.1, 0.15) is 90.4 Å². The van der Waals surface area contributed by atoms with Gasteiger partial charge in [-0.15, -0.1) is 0 Å². The maximum Gasteiger partial charge on any atom is 0.309 e. The second-order valence-electron chi connectivity index (χ2n) is 8.03. The molecule has 0 spiro atoms. The molecule has 0 saturated heterocycles. The highest BCUT2D eigenvalue weighted by Crippen LogP contribution is 2.33. The van der Waals surface area contributed by atoms with Gasteiger partial charge in [0.1, 0.15) is 6.10 Å². The summed E-state index contributed by atoms with van der Waals surface area (Å²) in [5, 5.41) is 8.60. The normalized spacial score (nSPS) is 30.1. The standard InChI is InChI=1S/C22H35NO2/c1-2-3-4-5-7-18-11-15-21(16-12-18)25-22(24)20-13-9-19(10-14-20)8-6-17-23/h6,8,18-21H,2-5,7,9-16H2,1H3/t18-,19-,20-,21-. The summed E-state index contributed by atoms with van der Waals surface area (Å²) >= 11 is 0. The van der Waals surface area contributed by atoms with E-state index in [1.807, 2.05) is 6.08 Å². The SMILES string of the molecule is CCCCCC[C@H]1CC[C@H](OC(=O)[C@H]2CC[C@H](C=CC#N)CC2)CC1. The van der Waals surface area contributed by atoms with Gasteiger partial charge in [-0.3, -0.25) is 4.79 Å². The average Bonchev–Trinajstić information content (AvgIpc) is 2.65. The Morgan fingerprint density at radius 3 is 2.40 bits per heavy atom. The van der Waals surface area contributed by atoms with E-state index in [2.05, 4.69) is 13.0 Å². The third-order valence-corrected chi connectivity index (χ3v) is 6.09. The van der Waals surface area contributed by atoms with Gasteiger partial charge in [-0.05, 0) is 63.2 Å². The molecule has 2 aliphatic rings. The van der Waals surface area contributed by atoms with Gasteiger partial charge in [-0.2, -0.15) is 5.26 Å². The lowest BCUT2D eigenvalue weighted by Crippen LogP contribution is -2.30. The van der Waals surface area contributed by atoms with Gasteiger partial charge in [0.25, 0.3) is 0 Å². The van der Waals surface area contributed by atoms with E-state index in [1.54, 1.807) is 6.08 Å². The predicted octanol–water partition coefficient (Wildman–Crippen LogP) is 5.94. The first kappa shape index (κ1) is 20.0. The molecule has 0 amide bonds. The average molecular weight is 346 g/mol. The van der Waals surface area contributed by atoms with Gasteiger partial charge in [0.2, 0.25) is 0 Å². The summed E-state index contributed by atoms with van der Waals surface area (Å²) < 4.78 is 5.83. The molecule has 0 bridgehead atoms. The van der Waals surface area contributed by atoms with Crippen LogP contribution in [0.2, 0.25) is 0 Å². The lowest BCUT2D eigenvalue weighted by molar-refractivity contribution is -0.157. The Morgan fingerprint density at radius 2 is 1.76 bits per heavy atom. The van der Waals surface area contributed by atoms with Crippen LogP contribution in [0.5, 0.6) is 0 Å². The fourth-order valence-electron chi connectivity index (χ4n) is 4.39. The molecule has 3 nitrogen and oxygen atoms in total. The van der Waals surface area contributed by atoms with Gasteiger partial charge in [0.15, 0.2) is 0 Å². The Balaban J connectivity index is 1.61. The summed E-state index contributed by atoms with van der Waals surface area (Å²) in [4.78, 5) is 12.4. The summed E-state index contributed by atoms with van der Waals surface area (Å²) in [5.41, 5.74) is 0. The van der Waals surface area contributed by atoms with Crippen molar-refractivity contribution in [2.45, 2.75) is 96.5 Å². The van der Waals surface area contributed by atoms with Gasteiger partial charge < -0.3 is 4.74 Å². The molecule has 0 N–H and O–H groups in total. The summed E-state index contributed by atoms with van der Waals surface area (Å²) in [7, 11) is 0. The molecule has 0 heterocycles. The number of hydrogen-bond acceptors (Lipinski definition) is 3. The fourth-order valence-corrected chi connectivity index (χ4v) is 4.39. The van der Waals surface area contributed by atoms with Crippen LogP contribution in [0.3, 0.4) is 0 Å². The highest BCUT2D eigenvalue weighted by atomic mass is 16.5. The first-order valence-corrected chi connectivity index (χ1v) is 10.5. The van der Waals surface area contributed by atoms with Gasteiger partial charge in [0.05, 0.1) is 12.0 Å². The zero-order chi connectivity index (χ0) is 17.9. The van der Waals surface area contributed by atoms with Crippen molar-refractivity contribution >= 4 is 5.97 Å². The van der Waals surface area contributed by atoms with Crippen molar-refractivity contribution in [3.63, 3.8) is 0 Å². The molecule has 2 fully saturated rings. The third-order valence-electron chi connectivity index (χ3n) is 6.09. The second kappa shape index (κ2) is 11.3. The van der Waals surface area contributed by atoms with E-state index >= 15 is 0 Å². The highest BCUT2D eigenvalue weighted by Gasteiger charge is 2.30. The number of rotatable bonds is 8. The number of esters is 1. The van der Waals surface area contributed by atoms with Crippen molar-refractivity contribution < 1.29 is 9.53 Å². The molecule has 0 aromatic rings. The van der Waals surface area contributed by atoms with Crippen molar-refractivity contribution in [3.8, 4) is 6.07 Å². The van der Waals surface area contributed by atoms with E-state index in [9.17, 15) is 4.79 Å². The largest absolute Gasteiger partial charge is 0.462 e. The number of hydrogen-bond donors (Lipinski definition) is 0.